The van der Waals surface area contributed by atoms with E-state index in [0.717, 1.165) is 24.7 Å². The van der Waals surface area contributed by atoms with Crippen LogP contribution in [0.2, 0.25) is 0 Å². The number of carbonyl (C=O) groups is 1. The Labute approximate surface area is 121 Å². The highest BCUT2D eigenvalue weighted by Crippen LogP contribution is 2.44. The minimum absolute atomic E-state index is 0.0459. The van der Waals surface area contributed by atoms with Crippen molar-refractivity contribution in [3.05, 3.63) is 0 Å². The zero-order valence-corrected chi connectivity index (χ0v) is 12.3. The summed E-state index contributed by atoms with van der Waals surface area (Å²) in [6.45, 7) is 1.63. The fourth-order valence-electron chi connectivity index (χ4n) is 3.23. The average Bonchev–Trinajstić information content (AvgIpc) is 3.23. The fourth-order valence-corrected chi connectivity index (χ4v) is 3.23. The fraction of sp³-hybridized carbons (Fsp3) is 0.933. The lowest BCUT2D eigenvalue weighted by Crippen LogP contribution is -2.38. The zero-order valence-electron chi connectivity index (χ0n) is 12.3. The van der Waals surface area contributed by atoms with Gasteiger partial charge < -0.3 is 20.5 Å². The van der Waals surface area contributed by atoms with Crippen molar-refractivity contribution < 1.29 is 14.6 Å². The van der Waals surface area contributed by atoms with Gasteiger partial charge in [0.15, 0.2) is 0 Å². The third-order valence-electron chi connectivity index (χ3n) is 4.40. The number of amides is 2. The molecule has 2 aliphatic carbocycles. The van der Waals surface area contributed by atoms with Crippen molar-refractivity contribution in [2.45, 2.75) is 51.0 Å². The molecule has 2 amide bonds. The summed E-state index contributed by atoms with van der Waals surface area (Å²) in [4.78, 5) is 11.7. The van der Waals surface area contributed by atoms with Crippen LogP contribution in [0.25, 0.3) is 0 Å². The quantitative estimate of drug-likeness (QED) is 0.594. The molecule has 20 heavy (non-hydrogen) atoms. The van der Waals surface area contributed by atoms with E-state index in [1.54, 1.807) is 0 Å². The van der Waals surface area contributed by atoms with E-state index in [0.29, 0.717) is 25.8 Å². The van der Waals surface area contributed by atoms with E-state index in [4.69, 9.17) is 9.84 Å². The Morgan fingerprint density at radius 2 is 2.00 bits per heavy atom. The van der Waals surface area contributed by atoms with Crippen LogP contribution in [0.4, 0.5) is 4.79 Å². The molecular formula is C15H28N2O3. The first-order valence-corrected chi connectivity index (χ1v) is 8.04. The highest BCUT2D eigenvalue weighted by Gasteiger charge is 2.43. The van der Waals surface area contributed by atoms with Gasteiger partial charge in [-0.05, 0) is 24.7 Å². The summed E-state index contributed by atoms with van der Waals surface area (Å²) in [7, 11) is 0. The summed E-state index contributed by atoms with van der Waals surface area (Å²) in [5.74, 6) is 1.58. The van der Waals surface area contributed by atoms with Crippen molar-refractivity contribution in [2.75, 3.05) is 26.4 Å². The minimum Gasteiger partial charge on any atom is -0.394 e. The third kappa shape index (κ3) is 5.29. The summed E-state index contributed by atoms with van der Waals surface area (Å²) in [5.41, 5.74) is 0. The molecule has 116 valence electrons. The van der Waals surface area contributed by atoms with E-state index in [9.17, 15) is 4.79 Å². The van der Waals surface area contributed by atoms with E-state index in [-0.39, 0.29) is 12.6 Å². The minimum atomic E-state index is -0.0459. The lowest BCUT2D eigenvalue weighted by atomic mass is 9.85. The van der Waals surface area contributed by atoms with Gasteiger partial charge in [0.05, 0.1) is 13.2 Å². The molecule has 0 radical (unpaired) electrons. The Balaban J connectivity index is 1.48. The van der Waals surface area contributed by atoms with Crippen molar-refractivity contribution in [1.29, 1.82) is 0 Å². The maximum absolute atomic E-state index is 11.7. The summed E-state index contributed by atoms with van der Waals surface area (Å²) >= 11 is 0. The number of hydrogen-bond acceptors (Lipinski definition) is 3. The second-order valence-corrected chi connectivity index (χ2v) is 5.99. The lowest BCUT2D eigenvalue weighted by molar-refractivity contribution is 0.0910. The SMILES string of the molecule is O=C(NCCCOCCO)NC1CC1C1CCCCC1. The molecule has 2 fully saturated rings. The van der Waals surface area contributed by atoms with Crippen molar-refractivity contribution in [3.8, 4) is 0 Å². The van der Waals surface area contributed by atoms with Gasteiger partial charge in [0.25, 0.3) is 0 Å². The Morgan fingerprint density at radius 1 is 1.20 bits per heavy atom. The van der Waals surface area contributed by atoms with E-state index in [2.05, 4.69) is 10.6 Å². The Bertz CT molecular complexity index is 293. The molecule has 0 aromatic carbocycles. The maximum atomic E-state index is 11.7. The highest BCUT2D eigenvalue weighted by molar-refractivity contribution is 5.74. The second kappa shape index (κ2) is 8.47. The summed E-state index contributed by atoms with van der Waals surface area (Å²) in [6.07, 6.45) is 8.78. The molecule has 2 saturated carbocycles. The van der Waals surface area contributed by atoms with Gasteiger partial charge in [0.1, 0.15) is 0 Å². The van der Waals surface area contributed by atoms with Crippen LogP contribution in [-0.4, -0.2) is 43.5 Å². The van der Waals surface area contributed by atoms with Crippen LogP contribution in [0.1, 0.15) is 44.9 Å². The van der Waals surface area contributed by atoms with Crippen LogP contribution in [0, 0.1) is 11.8 Å². The topological polar surface area (TPSA) is 70.6 Å². The first-order chi connectivity index (χ1) is 9.81. The van der Waals surface area contributed by atoms with E-state index in [1.165, 1.54) is 32.1 Å². The molecule has 0 aromatic rings. The van der Waals surface area contributed by atoms with Crippen LogP contribution in [0.15, 0.2) is 0 Å². The van der Waals surface area contributed by atoms with Crippen molar-refractivity contribution in [2.24, 2.45) is 11.8 Å². The number of urea groups is 1. The van der Waals surface area contributed by atoms with Gasteiger partial charge >= 0.3 is 6.03 Å². The van der Waals surface area contributed by atoms with Gasteiger partial charge in [-0.25, -0.2) is 4.79 Å². The number of nitrogens with one attached hydrogen (secondary N) is 2. The van der Waals surface area contributed by atoms with Gasteiger partial charge in [-0.15, -0.1) is 0 Å². The molecule has 3 N–H and O–H groups in total. The summed E-state index contributed by atoms with van der Waals surface area (Å²) in [5, 5.41) is 14.5. The number of carbonyl (C=O) groups excluding carboxylic acids is 1. The molecule has 2 atom stereocenters. The van der Waals surface area contributed by atoms with Gasteiger partial charge in [-0.2, -0.15) is 0 Å². The monoisotopic (exact) mass is 284 g/mol. The smallest absolute Gasteiger partial charge is 0.315 e. The summed E-state index contributed by atoms with van der Waals surface area (Å²) in [6, 6.07) is 0.360. The first-order valence-electron chi connectivity index (χ1n) is 8.04. The van der Waals surface area contributed by atoms with E-state index in [1.807, 2.05) is 0 Å². The van der Waals surface area contributed by atoms with Crippen LogP contribution in [-0.2, 0) is 4.74 Å². The van der Waals surface area contributed by atoms with Gasteiger partial charge in [-0.1, -0.05) is 32.1 Å². The molecule has 2 rings (SSSR count). The Kier molecular flexibility index (Phi) is 6.60. The number of aliphatic hydroxyl groups is 1. The third-order valence-corrected chi connectivity index (χ3v) is 4.40. The predicted molar refractivity (Wildman–Crippen MR) is 77.5 cm³/mol. The van der Waals surface area contributed by atoms with Crippen LogP contribution in [0.3, 0.4) is 0 Å². The van der Waals surface area contributed by atoms with Crippen LogP contribution in [0.5, 0.6) is 0 Å². The Hall–Kier alpha value is -0.810. The number of ether oxygens (including phenoxy) is 1. The van der Waals surface area contributed by atoms with Crippen LogP contribution < -0.4 is 10.6 Å². The zero-order chi connectivity index (χ0) is 14.2. The Morgan fingerprint density at radius 3 is 2.75 bits per heavy atom. The van der Waals surface area contributed by atoms with E-state index < -0.39 is 0 Å². The van der Waals surface area contributed by atoms with Gasteiger partial charge in [0, 0.05) is 19.2 Å². The number of rotatable bonds is 8. The summed E-state index contributed by atoms with van der Waals surface area (Å²) < 4.78 is 5.13. The van der Waals surface area contributed by atoms with Gasteiger partial charge in [0.2, 0.25) is 0 Å². The normalized spacial score (nSPS) is 26.2. The number of hydrogen-bond donors (Lipinski definition) is 3. The molecule has 2 unspecified atom stereocenters. The molecule has 0 bridgehead atoms. The molecule has 2 aliphatic rings. The molecule has 0 spiro atoms. The highest BCUT2D eigenvalue weighted by atomic mass is 16.5. The lowest BCUT2D eigenvalue weighted by Gasteiger charge is -2.21. The largest absolute Gasteiger partial charge is 0.394 e. The molecule has 0 heterocycles. The molecular weight excluding hydrogens is 256 g/mol. The first kappa shape index (κ1) is 15.6. The average molecular weight is 284 g/mol. The van der Waals surface area contributed by atoms with E-state index >= 15 is 0 Å². The van der Waals surface area contributed by atoms with Gasteiger partial charge in [-0.3, -0.25) is 0 Å². The van der Waals surface area contributed by atoms with Crippen LogP contribution >= 0.6 is 0 Å². The standard InChI is InChI=1S/C15H28N2O3/c18-8-10-20-9-4-7-16-15(19)17-14-11-13(14)12-5-2-1-3-6-12/h12-14,18H,1-11H2,(H2,16,17,19). The molecule has 5 nitrogen and oxygen atoms in total. The maximum Gasteiger partial charge on any atom is 0.315 e. The molecule has 0 aromatic heterocycles. The number of aliphatic hydroxyl groups excluding tert-OH is 1. The molecule has 0 aliphatic heterocycles. The van der Waals surface area contributed by atoms with Crippen molar-refractivity contribution in [1.82, 2.24) is 10.6 Å². The van der Waals surface area contributed by atoms with Crippen molar-refractivity contribution >= 4 is 6.03 Å². The van der Waals surface area contributed by atoms with Crippen molar-refractivity contribution in [3.63, 3.8) is 0 Å². The second-order valence-electron chi connectivity index (χ2n) is 5.99. The molecule has 5 heteroatoms. The molecule has 0 saturated heterocycles. The predicted octanol–water partition coefficient (Wildman–Crippen LogP) is 1.65.